The number of hydrogen-bond donors (Lipinski definition) is 1. The van der Waals surface area contributed by atoms with E-state index in [-0.39, 0.29) is 22.4 Å². The average Bonchev–Trinajstić information content (AvgIpc) is 3.17. The molecule has 0 atom stereocenters. The molecule has 3 heterocycles. The third kappa shape index (κ3) is 4.93. The summed E-state index contributed by atoms with van der Waals surface area (Å²) in [4.78, 5) is 25.0. The van der Waals surface area contributed by atoms with Gasteiger partial charge in [0.2, 0.25) is 15.9 Å². The van der Waals surface area contributed by atoms with E-state index < -0.39 is 10.0 Å². The van der Waals surface area contributed by atoms with Crippen LogP contribution in [0.3, 0.4) is 0 Å². The molecule has 2 aromatic heterocycles. The summed E-state index contributed by atoms with van der Waals surface area (Å²) in [6.45, 7) is 1.41. The van der Waals surface area contributed by atoms with Gasteiger partial charge in [-0.2, -0.15) is 4.31 Å². The van der Waals surface area contributed by atoms with Crippen LogP contribution in [0.1, 0.15) is 19.3 Å². The quantitative estimate of drug-likeness (QED) is 0.490. The van der Waals surface area contributed by atoms with Crippen LogP contribution < -0.4 is 15.7 Å². The fourth-order valence-corrected chi connectivity index (χ4v) is 5.42. The molecule has 4 rings (SSSR count). The molecule has 1 aliphatic heterocycles. The topological polar surface area (TPSA) is 115 Å². The van der Waals surface area contributed by atoms with E-state index in [2.05, 4.69) is 10.4 Å². The molecular weight excluding hydrogens is 446 g/mol. The van der Waals surface area contributed by atoms with Crippen molar-refractivity contribution in [3.63, 3.8) is 0 Å². The summed E-state index contributed by atoms with van der Waals surface area (Å²) < 4.78 is 35.1. The molecule has 176 valence electrons. The van der Waals surface area contributed by atoms with Crippen molar-refractivity contribution in [1.82, 2.24) is 23.8 Å². The number of aryl methyl sites for hydroxylation is 1. The lowest BCUT2D eigenvalue weighted by Crippen LogP contribution is -2.43. The van der Waals surface area contributed by atoms with E-state index >= 15 is 0 Å². The SMILES string of the molecule is COc1ccc(S(=O)(=O)N2CCC(C(=O)NCCCn3nc4ccccn4c3=O)CC2)cc1. The van der Waals surface area contributed by atoms with Gasteiger partial charge in [0, 0.05) is 38.3 Å². The number of nitrogens with zero attached hydrogens (tertiary/aromatic N) is 4. The van der Waals surface area contributed by atoms with E-state index in [4.69, 9.17) is 4.74 Å². The van der Waals surface area contributed by atoms with E-state index in [1.54, 1.807) is 30.5 Å². The minimum atomic E-state index is -3.60. The minimum absolute atomic E-state index is 0.0844. The van der Waals surface area contributed by atoms with Crippen molar-refractivity contribution in [2.45, 2.75) is 30.7 Å². The van der Waals surface area contributed by atoms with E-state index in [1.165, 1.54) is 32.6 Å². The molecule has 1 saturated heterocycles. The van der Waals surface area contributed by atoms with Crippen LogP contribution in [-0.2, 0) is 21.4 Å². The number of sulfonamides is 1. The lowest BCUT2D eigenvalue weighted by molar-refractivity contribution is -0.126. The molecule has 0 saturated carbocycles. The van der Waals surface area contributed by atoms with Gasteiger partial charge < -0.3 is 10.1 Å². The Bertz CT molecular complexity index is 1270. The van der Waals surface area contributed by atoms with E-state index in [9.17, 15) is 18.0 Å². The lowest BCUT2D eigenvalue weighted by atomic mass is 9.97. The molecule has 0 bridgehead atoms. The van der Waals surface area contributed by atoms with Crippen LogP contribution in [0.5, 0.6) is 5.75 Å². The lowest BCUT2D eigenvalue weighted by Gasteiger charge is -2.30. The first-order chi connectivity index (χ1) is 15.9. The second-order valence-corrected chi connectivity index (χ2v) is 9.87. The monoisotopic (exact) mass is 473 g/mol. The third-order valence-corrected chi connectivity index (χ3v) is 7.77. The van der Waals surface area contributed by atoms with Crippen molar-refractivity contribution < 1.29 is 17.9 Å². The van der Waals surface area contributed by atoms with Crippen LogP contribution in [0.4, 0.5) is 0 Å². The number of amides is 1. The Morgan fingerprint density at radius 2 is 1.88 bits per heavy atom. The second kappa shape index (κ2) is 9.75. The first kappa shape index (κ1) is 23.0. The largest absolute Gasteiger partial charge is 0.497 e. The smallest absolute Gasteiger partial charge is 0.350 e. The van der Waals surface area contributed by atoms with Crippen LogP contribution in [-0.4, -0.2) is 59.6 Å². The predicted molar refractivity (Wildman–Crippen MR) is 122 cm³/mol. The summed E-state index contributed by atoms with van der Waals surface area (Å²) in [6, 6.07) is 11.7. The fourth-order valence-electron chi connectivity index (χ4n) is 3.95. The van der Waals surface area contributed by atoms with Crippen LogP contribution in [0.25, 0.3) is 5.65 Å². The van der Waals surface area contributed by atoms with Gasteiger partial charge in [-0.05, 0) is 55.7 Å². The number of carbonyl (C=O) groups is 1. The number of pyridine rings is 1. The minimum Gasteiger partial charge on any atom is -0.497 e. The number of nitrogens with one attached hydrogen (secondary N) is 1. The molecule has 33 heavy (non-hydrogen) atoms. The first-order valence-electron chi connectivity index (χ1n) is 10.9. The Kier molecular flexibility index (Phi) is 6.80. The maximum atomic E-state index is 12.9. The standard InChI is InChI=1S/C22H27N5O5S/c1-32-18-6-8-19(9-7-18)33(30,31)25-15-10-17(11-16-25)21(28)23-12-4-14-27-22(29)26-13-3-2-5-20(26)24-27/h2-3,5-9,13,17H,4,10-12,14-16H2,1H3,(H,23,28). The molecule has 0 unspecified atom stereocenters. The van der Waals surface area contributed by atoms with E-state index in [0.717, 1.165) is 0 Å². The van der Waals surface area contributed by atoms with E-state index in [1.807, 2.05) is 6.07 Å². The molecule has 1 fully saturated rings. The fraction of sp³-hybridized carbons (Fsp3) is 0.409. The van der Waals surface area contributed by atoms with Gasteiger partial charge in [-0.25, -0.2) is 17.9 Å². The summed E-state index contributed by atoms with van der Waals surface area (Å²) in [7, 11) is -2.07. The molecule has 0 radical (unpaired) electrons. The molecular formula is C22H27N5O5S. The van der Waals surface area contributed by atoms with Crippen molar-refractivity contribution >= 4 is 21.6 Å². The number of rotatable bonds is 8. The predicted octanol–water partition coefficient (Wildman–Crippen LogP) is 1.11. The maximum absolute atomic E-state index is 12.9. The van der Waals surface area contributed by atoms with Gasteiger partial charge in [0.1, 0.15) is 5.75 Å². The maximum Gasteiger partial charge on any atom is 0.350 e. The summed E-state index contributed by atoms with van der Waals surface area (Å²) in [6.07, 6.45) is 3.17. The highest BCUT2D eigenvalue weighted by molar-refractivity contribution is 7.89. The number of fused-ring (bicyclic) bond motifs is 1. The van der Waals surface area contributed by atoms with Crippen molar-refractivity contribution in [2.75, 3.05) is 26.7 Å². The van der Waals surface area contributed by atoms with Crippen molar-refractivity contribution in [2.24, 2.45) is 5.92 Å². The Morgan fingerprint density at radius 1 is 1.15 bits per heavy atom. The van der Waals surface area contributed by atoms with Crippen molar-refractivity contribution in [3.8, 4) is 5.75 Å². The zero-order valence-electron chi connectivity index (χ0n) is 18.4. The van der Waals surface area contributed by atoms with Gasteiger partial charge in [0.25, 0.3) is 0 Å². The zero-order chi connectivity index (χ0) is 23.4. The van der Waals surface area contributed by atoms with Gasteiger partial charge in [-0.3, -0.25) is 9.20 Å². The third-order valence-electron chi connectivity index (χ3n) is 5.86. The van der Waals surface area contributed by atoms with Crippen LogP contribution >= 0.6 is 0 Å². The molecule has 1 amide bonds. The Balaban J connectivity index is 1.24. The summed E-state index contributed by atoms with van der Waals surface area (Å²) >= 11 is 0. The van der Waals surface area contributed by atoms with Crippen molar-refractivity contribution in [3.05, 3.63) is 59.1 Å². The highest BCUT2D eigenvalue weighted by Crippen LogP contribution is 2.25. The van der Waals surface area contributed by atoms with E-state index in [0.29, 0.717) is 56.8 Å². The average molecular weight is 474 g/mol. The number of hydrogen-bond acceptors (Lipinski definition) is 6. The molecule has 1 aliphatic rings. The molecule has 0 spiro atoms. The van der Waals surface area contributed by atoms with Gasteiger partial charge >= 0.3 is 5.69 Å². The second-order valence-electron chi connectivity index (χ2n) is 7.93. The summed E-state index contributed by atoms with van der Waals surface area (Å²) in [5, 5.41) is 7.17. The highest BCUT2D eigenvalue weighted by atomic mass is 32.2. The van der Waals surface area contributed by atoms with Gasteiger partial charge in [-0.15, -0.1) is 5.10 Å². The molecule has 1 aromatic carbocycles. The van der Waals surface area contributed by atoms with Crippen LogP contribution in [0.2, 0.25) is 0 Å². The number of carbonyl (C=O) groups excluding carboxylic acids is 1. The Hall–Kier alpha value is -3.18. The Morgan fingerprint density at radius 3 is 2.55 bits per heavy atom. The number of piperidine rings is 1. The molecule has 1 N–H and O–H groups in total. The summed E-state index contributed by atoms with van der Waals surface area (Å²) in [5.41, 5.74) is 0.380. The molecule has 10 nitrogen and oxygen atoms in total. The molecule has 11 heteroatoms. The number of methoxy groups -OCH3 is 1. The summed E-state index contributed by atoms with van der Waals surface area (Å²) in [5.74, 6) is 0.277. The zero-order valence-corrected chi connectivity index (χ0v) is 19.2. The number of aromatic nitrogens is 3. The molecule has 3 aromatic rings. The number of ether oxygens (including phenoxy) is 1. The first-order valence-corrected chi connectivity index (χ1v) is 12.3. The van der Waals surface area contributed by atoms with Crippen LogP contribution in [0, 0.1) is 5.92 Å². The highest BCUT2D eigenvalue weighted by Gasteiger charge is 2.32. The molecule has 0 aliphatic carbocycles. The van der Waals surface area contributed by atoms with Crippen molar-refractivity contribution in [1.29, 1.82) is 0 Å². The Labute approximate surface area is 191 Å². The van der Waals surface area contributed by atoms with Gasteiger partial charge in [-0.1, -0.05) is 6.07 Å². The van der Waals surface area contributed by atoms with Gasteiger partial charge in [0.05, 0.1) is 12.0 Å². The normalized spacial score (nSPS) is 15.5. The number of benzene rings is 1. The van der Waals surface area contributed by atoms with Gasteiger partial charge in [0.15, 0.2) is 5.65 Å². The van der Waals surface area contributed by atoms with Crippen LogP contribution in [0.15, 0.2) is 58.4 Å².